The van der Waals surface area contributed by atoms with Crippen molar-refractivity contribution in [3.63, 3.8) is 0 Å². The molecule has 2 heterocycles. The number of esters is 1. The summed E-state index contributed by atoms with van der Waals surface area (Å²) in [6.07, 6.45) is 2.87. The number of hydrogen-bond acceptors (Lipinski definition) is 7. The number of hydrogen-bond donors (Lipinski definition) is 1. The van der Waals surface area contributed by atoms with Crippen molar-refractivity contribution in [2.24, 2.45) is 0 Å². The van der Waals surface area contributed by atoms with Gasteiger partial charge in [0.15, 0.2) is 6.61 Å². The lowest BCUT2D eigenvalue weighted by atomic mass is 9.95. The first-order chi connectivity index (χ1) is 12.0. The van der Waals surface area contributed by atoms with E-state index in [4.69, 9.17) is 4.74 Å². The number of anilines is 1. The van der Waals surface area contributed by atoms with Crippen LogP contribution in [0.1, 0.15) is 40.6 Å². The number of ether oxygens (including phenoxy) is 2. The van der Waals surface area contributed by atoms with Crippen LogP contribution in [0.15, 0.2) is 0 Å². The van der Waals surface area contributed by atoms with Crippen LogP contribution in [0, 0.1) is 0 Å². The topological polar surface area (TPSA) is 102 Å². The molecule has 1 aromatic heterocycles. The Bertz CT molecular complexity index is 741. The number of thiophene rings is 1. The van der Waals surface area contributed by atoms with Crippen molar-refractivity contribution in [1.82, 2.24) is 4.90 Å². The Hall–Kier alpha value is -2.42. The highest BCUT2D eigenvalue weighted by molar-refractivity contribution is 7.17. The maximum atomic E-state index is 12.5. The first-order valence-corrected chi connectivity index (χ1v) is 8.85. The van der Waals surface area contributed by atoms with Gasteiger partial charge in [-0.3, -0.25) is 9.59 Å². The fourth-order valence-corrected chi connectivity index (χ4v) is 4.25. The largest absolute Gasteiger partial charge is 0.452 e. The normalized spacial score (nSPS) is 16.2. The minimum Gasteiger partial charge on any atom is -0.452 e. The Morgan fingerprint density at radius 3 is 2.72 bits per heavy atom. The number of cyclic esters (lactones) is 1. The molecule has 8 nitrogen and oxygen atoms in total. The minimum atomic E-state index is -0.729. The molecule has 0 saturated carbocycles. The molecule has 1 N–H and O–H groups in total. The van der Waals surface area contributed by atoms with Gasteiger partial charge in [0.25, 0.3) is 5.91 Å². The molecule has 0 aromatic carbocycles. The Balaban J connectivity index is 1.74. The van der Waals surface area contributed by atoms with Crippen molar-refractivity contribution < 1.29 is 28.7 Å². The van der Waals surface area contributed by atoms with Gasteiger partial charge in [-0.1, -0.05) is 0 Å². The molecule has 1 aromatic rings. The summed E-state index contributed by atoms with van der Waals surface area (Å²) in [5.74, 6) is -1.56. The number of fused-ring (bicyclic) bond motifs is 1. The van der Waals surface area contributed by atoms with E-state index in [1.165, 1.54) is 18.3 Å². The number of imide groups is 1. The molecule has 0 unspecified atom stereocenters. The van der Waals surface area contributed by atoms with Crippen molar-refractivity contribution >= 4 is 40.2 Å². The van der Waals surface area contributed by atoms with Gasteiger partial charge in [-0.15, -0.1) is 11.3 Å². The second-order valence-electron chi connectivity index (χ2n) is 5.83. The van der Waals surface area contributed by atoms with Gasteiger partial charge in [0.2, 0.25) is 5.91 Å². The maximum absolute atomic E-state index is 12.5. The number of rotatable bonds is 4. The number of aryl methyl sites for hydroxylation is 1. The van der Waals surface area contributed by atoms with Crippen molar-refractivity contribution in [1.29, 1.82) is 0 Å². The summed E-state index contributed by atoms with van der Waals surface area (Å²) in [4.78, 5) is 49.2. The second-order valence-corrected chi connectivity index (χ2v) is 6.94. The van der Waals surface area contributed by atoms with E-state index >= 15 is 0 Å². The third-order valence-corrected chi connectivity index (χ3v) is 5.26. The third kappa shape index (κ3) is 3.65. The van der Waals surface area contributed by atoms with Crippen LogP contribution in [-0.2, 0) is 31.9 Å². The molecule has 0 atom stereocenters. The molecule has 0 spiro atoms. The zero-order valence-electron chi connectivity index (χ0n) is 13.8. The van der Waals surface area contributed by atoms with E-state index in [-0.39, 0.29) is 19.1 Å². The first kappa shape index (κ1) is 17.4. The molecule has 3 rings (SSSR count). The summed E-state index contributed by atoms with van der Waals surface area (Å²) < 4.78 is 9.80. The van der Waals surface area contributed by atoms with Gasteiger partial charge >= 0.3 is 12.1 Å². The zero-order chi connectivity index (χ0) is 18.0. The number of carbonyl (C=O) groups is 4. The summed E-state index contributed by atoms with van der Waals surface area (Å²) in [5.41, 5.74) is 1.21. The zero-order valence-corrected chi connectivity index (χ0v) is 14.6. The molecule has 9 heteroatoms. The second kappa shape index (κ2) is 7.22. The van der Waals surface area contributed by atoms with E-state index in [0.29, 0.717) is 10.6 Å². The van der Waals surface area contributed by atoms with Crippen LogP contribution in [0.4, 0.5) is 9.80 Å². The summed E-state index contributed by atoms with van der Waals surface area (Å²) in [7, 11) is 0. The maximum Gasteiger partial charge on any atom is 0.416 e. The average molecular weight is 366 g/mol. The lowest BCUT2D eigenvalue weighted by Gasteiger charge is -2.14. The third-order valence-electron chi connectivity index (χ3n) is 4.05. The molecule has 0 radical (unpaired) electrons. The molecule has 134 valence electrons. The predicted octanol–water partition coefficient (Wildman–Crippen LogP) is 1.72. The van der Waals surface area contributed by atoms with Gasteiger partial charge in [0.05, 0.1) is 12.1 Å². The summed E-state index contributed by atoms with van der Waals surface area (Å²) in [6.45, 7) is 1.12. The van der Waals surface area contributed by atoms with Crippen molar-refractivity contribution in [2.45, 2.75) is 32.6 Å². The van der Waals surface area contributed by atoms with E-state index in [2.05, 4.69) is 10.1 Å². The van der Waals surface area contributed by atoms with Gasteiger partial charge in [0, 0.05) is 11.8 Å². The van der Waals surface area contributed by atoms with Crippen LogP contribution in [0.3, 0.4) is 0 Å². The van der Waals surface area contributed by atoms with E-state index in [1.54, 1.807) is 0 Å². The standard InChI is InChI=1S/C16H18N2O6S/c1-9(19)17-14-13(10-4-2-3-5-11(10)25-14)15(21)24-8-12(20)18-6-7-23-16(18)22/h2-8H2,1H3,(H,17,19). The molecule has 1 fully saturated rings. The Morgan fingerprint density at radius 1 is 1.28 bits per heavy atom. The van der Waals surface area contributed by atoms with Gasteiger partial charge in [0.1, 0.15) is 11.6 Å². The van der Waals surface area contributed by atoms with Crippen molar-refractivity contribution in [3.05, 3.63) is 16.0 Å². The molecule has 0 bridgehead atoms. The quantitative estimate of drug-likeness (QED) is 0.814. The van der Waals surface area contributed by atoms with Crippen LogP contribution in [-0.4, -0.2) is 48.5 Å². The summed E-state index contributed by atoms with van der Waals surface area (Å²) in [6, 6.07) is 0. The number of carbonyl (C=O) groups excluding carboxylic acids is 4. The van der Waals surface area contributed by atoms with E-state index < -0.39 is 24.6 Å². The Morgan fingerprint density at radius 2 is 2.04 bits per heavy atom. The molecule has 1 aliphatic carbocycles. The average Bonchev–Trinajstić information content (AvgIpc) is 3.14. The molecule has 1 saturated heterocycles. The van der Waals surface area contributed by atoms with Crippen LogP contribution < -0.4 is 5.32 Å². The van der Waals surface area contributed by atoms with Gasteiger partial charge in [-0.25, -0.2) is 14.5 Å². The van der Waals surface area contributed by atoms with Gasteiger partial charge in [-0.05, 0) is 31.2 Å². The number of nitrogens with zero attached hydrogens (tertiary/aromatic N) is 1. The SMILES string of the molecule is CC(=O)Nc1sc2c(c1C(=O)OCC(=O)N1CCOC1=O)CCCC2. The lowest BCUT2D eigenvalue weighted by Crippen LogP contribution is -2.35. The highest BCUT2D eigenvalue weighted by Crippen LogP contribution is 2.38. The van der Waals surface area contributed by atoms with Gasteiger partial charge in [-0.2, -0.15) is 0 Å². The monoisotopic (exact) mass is 366 g/mol. The van der Waals surface area contributed by atoms with Crippen LogP contribution in [0.25, 0.3) is 0 Å². The number of amides is 3. The van der Waals surface area contributed by atoms with Crippen LogP contribution in [0.2, 0.25) is 0 Å². The van der Waals surface area contributed by atoms with E-state index in [1.807, 2.05) is 0 Å². The molecular weight excluding hydrogens is 348 g/mol. The van der Waals surface area contributed by atoms with Gasteiger partial charge < -0.3 is 14.8 Å². The predicted molar refractivity (Wildman–Crippen MR) is 88.6 cm³/mol. The summed E-state index contributed by atoms with van der Waals surface area (Å²) in [5, 5.41) is 3.13. The van der Waals surface area contributed by atoms with Crippen molar-refractivity contribution in [3.8, 4) is 0 Å². The van der Waals surface area contributed by atoms with E-state index in [0.717, 1.165) is 41.0 Å². The fourth-order valence-electron chi connectivity index (χ4n) is 2.93. The molecular formula is C16H18N2O6S. The van der Waals surface area contributed by atoms with E-state index in [9.17, 15) is 19.2 Å². The first-order valence-electron chi connectivity index (χ1n) is 8.03. The smallest absolute Gasteiger partial charge is 0.416 e. The molecule has 2 aliphatic rings. The van der Waals surface area contributed by atoms with Crippen LogP contribution in [0.5, 0.6) is 0 Å². The fraction of sp³-hybridized carbons (Fsp3) is 0.500. The van der Waals surface area contributed by atoms with Crippen molar-refractivity contribution in [2.75, 3.05) is 25.1 Å². The molecule has 3 amide bonds. The summed E-state index contributed by atoms with van der Waals surface area (Å²) >= 11 is 1.38. The Labute approximate surface area is 148 Å². The van der Waals surface area contributed by atoms with Crippen LogP contribution >= 0.6 is 11.3 Å². The Kier molecular flexibility index (Phi) is 5.03. The minimum absolute atomic E-state index is 0.142. The molecule has 25 heavy (non-hydrogen) atoms. The highest BCUT2D eigenvalue weighted by atomic mass is 32.1. The molecule has 1 aliphatic heterocycles. The highest BCUT2D eigenvalue weighted by Gasteiger charge is 2.31. The lowest BCUT2D eigenvalue weighted by molar-refractivity contribution is -0.131. The number of nitrogens with one attached hydrogen (secondary N) is 1.